The Morgan fingerprint density at radius 3 is 2.52 bits per heavy atom. The fourth-order valence-corrected chi connectivity index (χ4v) is 4.80. The molecule has 2 N–H and O–H groups in total. The van der Waals surface area contributed by atoms with Crippen LogP contribution in [0.25, 0.3) is 27.8 Å². The van der Waals surface area contributed by atoms with Gasteiger partial charge in [-0.1, -0.05) is 42.6 Å². The van der Waals surface area contributed by atoms with Gasteiger partial charge in [0.05, 0.1) is 28.4 Å². The second-order valence-electron chi connectivity index (χ2n) is 8.55. The molecule has 0 aliphatic heterocycles. The average Bonchev–Trinajstić information content (AvgIpc) is 3.45. The van der Waals surface area contributed by atoms with Crippen molar-refractivity contribution in [2.45, 2.75) is 31.2 Å². The molecule has 4 aromatic rings. The largest absolute Gasteiger partial charge is 0.394 e. The third-order valence-corrected chi connectivity index (χ3v) is 6.72. The van der Waals surface area contributed by atoms with E-state index in [0.29, 0.717) is 27.5 Å². The van der Waals surface area contributed by atoms with E-state index in [4.69, 9.17) is 16.7 Å². The summed E-state index contributed by atoms with van der Waals surface area (Å²) in [6.45, 7) is -0.0782. The maximum absolute atomic E-state index is 13.6. The molecule has 1 heterocycles. The first kappa shape index (κ1) is 21.6. The minimum Gasteiger partial charge on any atom is -0.394 e. The van der Waals surface area contributed by atoms with Gasteiger partial charge >= 0.3 is 0 Å². The van der Waals surface area contributed by atoms with Gasteiger partial charge in [-0.05, 0) is 61.4 Å². The quantitative estimate of drug-likeness (QED) is 0.409. The van der Waals surface area contributed by atoms with Crippen LogP contribution in [0.5, 0.6) is 0 Å². The number of benzene rings is 3. The molecule has 5 rings (SSSR count). The lowest BCUT2D eigenvalue weighted by Gasteiger charge is -2.28. The minimum atomic E-state index is -0.564. The van der Waals surface area contributed by atoms with E-state index in [9.17, 15) is 14.3 Å². The van der Waals surface area contributed by atoms with Crippen LogP contribution in [-0.4, -0.2) is 32.9 Å². The van der Waals surface area contributed by atoms with Crippen LogP contribution in [0.1, 0.15) is 36.0 Å². The smallest absolute Gasteiger partial charge is 0.251 e. The van der Waals surface area contributed by atoms with Crippen LogP contribution in [0.2, 0.25) is 5.02 Å². The molecule has 1 saturated carbocycles. The second kappa shape index (κ2) is 8.61. The van der Waals surface area contributed by atoms with Crippen LogP contribution in [0.4, 0.5) is 4.39 Å². The van der Waals surface area contributed by atoms with Crippen molar-refractivity contribution in [2.75, 3.05) is 6.61 Å². The van der Waals surface area contributed by atoms with Gasteiger partial charge in [0, 0.05) is 16.5 Å². The van der Waals surface area contributed by atoms with Gasteiger partial charge in [0.2, 0.25) is 0 Å². The van der Waals surface area contributed by atoms with E-state index >= 15 is 0 Å². The molecule has 1 fully saturated rings. The predicted molar refractivity (Wildman–Crippen MR) is 127 cm³/mol. The van der Waals surface area contributed by atoms with Crippen LogP contribution >= 0.6 is 11.6 Å². The molecule has 0 saturated heterocycles. The number of aromatic nitrogens is 2. The standard InChI is InChI=1S/C26H23ClFN3O2/c27-22-6-2-1-5-20(22)24-21-12-7-17(25(33)29-26(16-32)13-3-4-14-26)15-23(21)31(30-24)19-10-8-18(28)9-11-19/h1-2,5-12,15,32H,3-4,13-14,16H2,(H,29,33). The fourth-order valence-electron chi connectivity index (χ4n) is 4.57. The number of halogens is 2. The first-order valence-electron chi connectivity index (χ1n) is 11.0. The molecule has 1 aliphatic rings. The molecule has 168 valence electrons. The molecule has 1 aromatic heterocycles. The number of aliphatic hydroxyl groups excluding tert-OH is 1. The summed E-state index contributed by atoms with van der Waals surface area (Å²) in [7, 11) is 0. The van der Waals surface area contributed by atoms with Gasteiger partial charge in [0.1, 0.15) is 11.5 Å². The van der Waals surface area contributed by atoms with E-state index in [1.165, 1.54) is 12.1 Å². The van der Waals surface area contributed by atoms with Crippen molar-refractivity contribution < 1.29 is 14.3 Å². The summed E-state index contributed by atoms with van der Waals surface area (Å²) >= 11 is 6.46. The lowest BCUT2D eigenvalue weighted by atomic mass is 9.98. The summed E-state index contributed by atoms with van der Waals surface area (Å²) in [5.41, 5.74) is 2.72. The van der Waals surface area contributed by atoms with E-state index < -0.39 is 5.54 Å². The lowest BCUT2D eigenvalue weighted by Crippen LogP contribution is -2.49. The van der Waals surface area contributed by atoms with Crippen molar-refractivity contribution >= 4 is 28.4 Å². The molecule has 1 aliphatic carbocycles. The molecule has 0 atom stereocenters. The van der Waals surface area contributed by atoms with Gasteiger partial charge in [0.25, 0.3) is 5.91 Å². The average molecular weight is 464 g/mol. The number of carbonyl (C=O) groups is 1. The SMILES string of the molecule is O=C(NC1(CO)CCCC1)c1ccc2c(-c3ccccc3Cl)nn(-c3ccc(F)cc3)c2c1. The molecule has 0 unspecified atom stereocenters. The van der Waals surface area contributed by atoms with E-state index in [0.717, 1.165) is 36.6 Å². The Balaban J connectivity index is 1.63. The topological polar surface area (TPSA) is 67.2 Å². The Kier molecular flexibility index (Phi) is 5.64. The summed E-state index contributed by atoms with van der Waals surface area (Å²) in [6.07, 6.45) is 3.50. The molecule has 0 spiro atoms. The Labute approximate surface area is 195 Å². The summed E-state index contributed by atoms with van der Waals surface area (Å²) in [5.74, 6) is -0.577. The number of hydrogen-bond donors (Lipinski definition) is 2. The highest BCUT2D eigenvalue weighted by Crippen LogP contribution is 2.35. The van der Waals surface area contributed by atoms with Crippen LogP contribution in [0.15, 0.2) is 66.7 Å². The number of carbonyl (C=O) groups excluding carboxylic acids is 1. The summed E-state index contributed by atoms with van der Waals surface area (Å²) in [5, 5.41) is 19.1. The van der Waals surface area contributed by atoms with Crippen LogP contribution in [0.3, 0.4) is 0 Å². The molecule has 1 amide bonds. The van der Waals surface area contributed by atoms with Gasteiger partial charge in [-0.25, -0.2) is 9.07 Å². The zero-order valence-corrected chi connectivity index (χ0v) is 18.6. The molecule has 33 heavy (non-hydrogen) atoms. The van der Waals surface area contributed by atoms with Crippen LogP contribution in [0, 0.1) is 5.82 Å². The highest BCUT2D eigenvalue weighted by Gasteiger charge is 2.35. The molecule has 7 heteroatoms. The first-order chi connectivity index (χ1) is 16.0. The third-order valence-electron chi connectivity index (χ3n) is 6.39. The van der Waals surface area contributed by atoms with Gasteiger partial charge < -0.3 is 10.4 Å². The van der Waals surface area contributed by atoms with Crippen molar-refractivity contribution in [1.29, 1.82) is 0 Å². The Morgan fingerprint density at radius 1 is 1.09 bits per heavy atom. The highest BCUT2D eigenvalue weighted by molar-refractivity contribution is 6.33. The summed E-state index contributed by atoms with van der Waals surface area (Å²) < 4.78 is 15.2. The van der Waals surface area contributed by atoms with Gasteiger partial charge in [0.15, 0.2) is 0 Å². The maximum atomic E-state index is 13.6. The van der Waals surface area contributed by atoms with Crippen molar-refractivity contribution in [3.63, 3.8) is 0 Å². The van der Waals surface area contributed by atoms with E-state index in [-0.39, 0.29) is 18.3 Å². The first-order valence-corrected chi connectivity index (χ1v) is 11.3. The molecule has 5 nitrogen and oxygen atoms in total. The Hall–Kier alpha value is -3.22. The predicted octanol–water partition coefficient (Wildman–Crippen LogP) is 5.52. The second-order valence-corrected chi connectivity index (χ2v) is 8.96. The van der Waals surface area contributed by atoms with Gasteiger partial charge in [-0.3, -0.25) is 4.79 Å². The Morgan fingerprint density at radius 2 is 1.82 bits per heavy atom. The third kappa shape index (κ3) is 4.01. The van der Waals surface area contributed by atoms with E-state index in [1.807, 2.05) is 24.3 Å². The number of aliphatic hydroxyl groups is 1. The van der Waals surface area contributed by atoms with Gasteiger partial charge in [-0.2, -0.15) is 5.10 Å². The number of nitrogens with one attached hydrogen (secondary N) is 1. The van der Waals surface area contributed by atoms with Crippen LogP contribution < -0.4 is 5.32 Å². The van der Waals surface area contributed by atoms with Crippen molar-refractivity contribution in [1.82, 2.24) is 15.1 Å². The van der Waals surface area contributed by atoms with Crippen LogP contribution in [-0.2, 0) is 0 Å². The molecule has 0 bridgehead atoms. The molecule has 3 aromatic carbocycles. The number of hydrogen-bond acceptors (Lipinski definition) is 3. The van der Waals surface area contributed by atoms with Gasteiger partial charge in [-0.15, -0.1) is 0 Å². The molecular formula is C26H23ClFN3O2. The number of rotatable bonds is 5. The fraction of sp³-hybridized carbons (Fsp3) is 0.231. The zero-order chi connectivity index (χ0) is 23.0. The summed E-state index contributed by atoms with van der Waals surface area (Å²) in [6, 6.07) is 18.9. The zero-order valence-electron chi connectivity index (χ0n) is 17.9. The Bertz CT molecular complexity index is 1330. The van der Waals surface area contributed by atoms with Crippen molar-refractivity contribution in [2.24, 2.45) is 0 Å². The highest BCUT2D eigenvalue weighted by atomic mass is 35.5. The monoisotopic (exact) mass is 463 g/mol. The molecule has 0 radical (unpaired) electrons. The maximum Gasteiger partial charge on any atom is 0.251 e. The minimum absolute atomic E-state index is 0.0782. The number of nitrogens with zero attached hydrogens (tertiary/aromatic N) is 2. The molecular weight excluding hydrogens is 441 g/mol. The normalized spacial score (nSPS) is 15.1. The number of amides is 1. The van der Waals surface area contributed by atoms with E-state index in [2.05, 4.69) is 5.32 Å². The summed E-state index contributed by atoms with van der Waals surface area (Å²) in [4.78, 5) is 13.1. The lowest BCUT2D eigenvalue weighted by molar-refractivity contribution is 0.0838. The number of fused-ring (bicyclic) bond motifs is 1. The van der Waals surface area contributed by atoms with Crippen molar-refractivity contribution in [3.8, 4) is 16.9 Å². The van der Waals surface area contributed by atoms with E-state index in [1.54, 1.807) is 35.0 Å². The van der Waals surface area contributed by atoms with Crippen molar-refractivity contribution in [3.05, 3.63) is 83.1 Å².